The lowest BCUT2D eigenvalue weighted by molar-refractivity contribution is -0.128. The number of anilines is 3. The van der Waals surface area contributed by atoms with Gasteiger partial charge in [-0.3, -0.25) is 9.59 Å². The van der Waals surface area contributed by atoms with E-state index in [1.807, 2.05) is 6.07 Å². The fourth-order valence-electron chi connectivity index (χ4n) is 7.18. The first-order chi connectivity index (χ1) is 21.3. The molecule has 6 rings (SSSR count). The van der Waals surface area contributed by atoms with E-state index in [0.29, 0.717) is 76.2 Å². The smallest absolute Gasteiger partial charge is 0.246 e. The molecule has 0 bridgehead atoms. The molecule has 10 nitrogen and oxygen atoms in total. The zero-order valence-electron chi connectivity index (χ0n) is 25.6. The second-order valence-electron chi connectivity index (χ2n) is 12.2. The summed E-state index contributed by atoms with van der Waals surface area (Å²) in [7, 11) is 3.88. The van der Waals surface area contributed by atoms with E-state index in [4.69, 9.17) is 9.72 Å². The summed E-state index contributed by atoms with van der Waals surface area (Å²) < 4.78 is 21.2. The maximum Gasteiger partial charge on any atom is 0.246 e. The van der Waals surface area contributed by atoms with E-state index in [1.54, 1.807) is 16.8 Å². The first-order valence-corrected chi connectivity index (χ1v) is 15.5. The highest BCUT2D eigenvalue weighted by molar-refractivity contribution is 5.99. The SMILES string of the molecule is C=CC(=O)N1CCN(c2cc(OC[C@@H]3CCCN3C)nc3c2CCN(c2cc(F)cc4c2N(C)C(=O)CC4)C3)C[C@@H]1CC#N. The highest BCUT2D eigenvalue weighted by Crippen LogP contribution is 2.41. The summed E-state index contributed by atoms with van der Waals surface area (Å²) in [5, 5.41) is 9.53. The van der Waals surface area contributed by atoms with Crippen LogP contribution < -0.4 is 19.4 Å². The molecule has 44 heavy (non-hydrogen) atoms. The van der Waals surface area contributed by atoms with Gasteiger partial charge in [0.05, 0.1) is 42.1 Å². The second-order valence-corrected chi connectivity index (χ2v) is 12.2. The fraction of sp³-hybridized carbons (Fsp3) is 0.515. The predicted molar refractivity (Wildman–Crippen MR) is 166 cm³/mol. The van der Waals surface area contributed by atoms with Crippen LogP contribution in [0.5, 0.6) is 5.88 Å². The number of amides is 2. The lowest BCUT2D eigenvalue weighted by atomic mass is 9.96. The number of aryl methyl sites for hydroxylation is 1. The van der Waals surface area contributed by atoms with Gasteiger partial charge in [0, 0.05) is 63.0 Å². The molecular weight excluding hydrogens is 561 g/mol. The number of aromatic nitrogens is 1. The number of ether oxygens (including phenoxy) is 1. The summed E-state index contributed by atoms with van der Waals surface area (Å²) in [5.41, 5.74) is 5.27. The number of fused-ring (bicyclic) bond motifs is 2. The van der Waals surface area contributed by atoms with E-state index in [2.05, 4.69) is 34.4 Å². The molecule has 0 N–H and O–H groups in total. The molecule has 0 radical (unpaired) electrons. The van der Waals surface area contributed by atoms with Crippen LogP contribution in [-0.4, -0.2) is 92.1 Å². The lowest BCUT2D eigenvalue weighted by Crippen LogP contribution is -2.55. The third-order valence-electron chi connectivity index (χ3n) is 9.63. The molecule has 4 aliphatic rings. The van der Waals surface area contributed by atoms with Crippen LogP contribution >= 0.6 is 0 Å². The van der Waals surface area contributed by atoms with Crippen LogP contribution in [0.1, 0.15) is 42.5 Å². The maximum absolute atomic E-state index is 14.9. The van der Waals surface area contributed by atoms with Crippen LogP contribution in [0.15, 0.2) is 30.9 Å². The topological polar surface area (TPSA) is 96.2 Å². The van der Waals surface area contributed by atoms with E-state index in [0.717, 1.165) is 47.6 Å². The number of rotatable bonds is 7. The molecule has 1 aromatic heterocycles. The highest BCUT2D eigenvalue weighted by atomic mass is 19.1. The van der Waals surface area contributed by atoms with Gasteiger partial charge in [0.2, 0.25) is 17.7 Å². The van der Waals surface area contributed by atoms with Gasteiger partial charge in [-0.15, -0.1) is 0 Å². The quantitative estimate of drug-likeness (QED) is 0.447. The lowest BCUT2D eigenvalue weighted by Gasteiger charge is -2.43. The number of benzene rings is 1. The standard InChI is InChI=1S/C33H40FN7O3/c1-4-31(42)41-15-14-40(19-24(41)9-11-35)28-18-30(44-21-25-6-5-12-37(25)2)36-27-20-39(13-10-26(27)28)29-17-23(34)16-22-7-8-32(43)38(3)33(22)29/h4,16-18,24-25H,1,5-10,12-15,19-21H2,2-3H3/t24-,25-/m0/s1. The minimum Gasteiger partial charge on any atom is -0.476 e. The highest BCUT2D eigenvalue weighted by Gasteiger charge is 2.34. The average molecular weight is 602 g/mol. The van der Waals surface area contributed by atoms with Gasteiger partial charge in [-0.05, 0) is 63.0 Å². The van der Waals surface area contributed by atoms with Gasteiger partial charge in [0.25, 0.3) is 0 Å². The Bertz CT molecular complexity index is 1510. The van der Waals surface area contributed by atoms with Crippen molar-refractivity contribution in [2.24, 2.45) is 0 Å². The van der Waals surface area contributed by atoms with E-state index < -0.39 is 0 Å². The van der Waals surface area contributed by atoms with Crippen LogP contribution in [0.2, 0.25) is 0 Å². The van der Waals surface area contributed by atoms with Crippen molar-refractivity contribution in [1.82, 2.24) is 14.8 Å². The molecule has 2 atom stereocenters. The van der Waals surface area contributed by atoms with Gasteiger partial charge in [-0.2, -0.15) is 5.26 Å². The van der Waals surface area contributed by atoms with Crippen molar-refractivity contribution in [3.63, 3.8) is 0 Å². The molecule has 0 unspecified atom stereocenters. The van der Waals surface area contributed by atoms with Crippen LogP contribution in [0, 0.1) is 17.1 Å². The third kappa shape index (κ3) is 5.71. The Hall–Kier alpha value is -4.17. The van der Waals surface area contributed by atoms with E-state index in [1.165, 1.54) is 18.2 Å². The summed E-state index contributed by atoms with van der Waals surface area (Å²) >= 11 is 0. The zero-order chi connectivity index (χ0) is 31.0. The molecule has 2 amide bonds. The van der Waals surface area contributed by atoms with Gasteiger partial charge in [-0.1, -0.05) is 6.58 Å². The predicted octanol–water partition coefficient (Wildman–Crippen LogP) is 3.28. The van der Waals surface area contributed by atoms with Crippen LogP contribution in [0.3, 0.4) is 0 Å². The summed E-state index contributed by atoms with van der Waals surface area (Å²) in [5.74, 6) is 0.0886. The van der Waals surface area contributed by atoms with Crippen molar-refractivity contribution >= 4 is 28.9 Å². The number of pyridine rings is 1. The molecule has 2 saturated heterocycles. The number of halogens is 1. The molecule has 11 heteroatoms. The monoisotopic (exact) mass is 601 g/mol. The van der Waals surface area contributed by atoms with Gasteiger partial charge in [-0.25, -0.2) is 9.37 Å². The van der Waals surface area contributed by atoms with Gasteiger partial charge >= 0.3 is 0 Å². The van der Waals surface area contributed by atoms with Crippen molar-refractivity contribution in [2.45, 2.75) is 57.2 Å². The van der Waals surface area contributed by atoms with Gasteiger partial charge in [0.15, 0.2) is 0 Å². The number of carbonyl (C=O) groups is 2. The Balaban J connectivity index is 1.34. The molecule has 5 heterocycles. The summed E-state index contributed by atoms with van der Waals surface area (Å²) in [4.78, 5) is 40.2. The fourth-order valence-corrected chi connectivity index (χ4v) is 7.18. The van der Waals surface area contributed by atoms with E-state index in [-0.39, 0.29) is 30.1 Å². The van der Waals surface area contributed by atoms with Crippen molar-refractivity contribution in [3.8, 4) is 11.9 Å². The number of hydrogen-bond acceptors (Lipinski definition) is 8. The van der Waals surface area contributed by atoms with E-state index >= 15 is 0 Å². The third-order valence-corrected chi connectivity index (χ3v) is 9.63. The van der Waals surface area contributed by atoms with Crippen LogP contribution in [0.4, 0.5) is 21.5 Å². The molecule has 232 valence electrons. The van der Waals surface area contributed by atoms with Gasteiger partial charge < -0.3 is 29.2 Å². The minimum atomic E-state index is -0.311. The Kier molecular flexibility index (Phi) is 8.45. The average Bonchev–Trinajstić information content (AvgIpc) is 3.44. The van der Waals surface area contributed by atoms with Crippen molar-refractivity contribution < 1.29 is 18.7 Å². The molecule has 4 aliphatic heterocycles. The van der Waals surface area contributed by atoms with E-state index in [9.17, 15) is 19.2 Å². The zero-order valence-corrected chi connectivity index (χ0v) is 25.6. The Morgan fingerprint density at radius 3 is 2.70 bits per heavy atom. The Morgan fingerprint density at radius 2 is 1.95 bits per heavy atom. The summed E-state index contributed by atoms with van der Waals surface area (Å²) in [6.07, 6.45) is 5.32. The molecule has 0 aliphatic carbocycles. The Morgan fingerprint density at radius 1 is 1.11 bits per heavy atom. The van der Waals surface area contributed by atoms with Crippen molar-refractivity contribution in [1.29, 1.82) is 5.26 Å². The first kappa shape index (κ1) is 29.9. The molecule has 0 spiro atoms. The number of hydrogen-bond donors (Lipinski definition) is 0. The number of nitriles is 1. The van der Waals surface area contributed by atoms with Crippen molar-refractivity contribution in [2.75, 3.05) is 68.1 Å². The molecule has 2 fully saturated rings. The molecule has 1 aromatic carbocycles. The Labute approximate surface area is 258 Å². The number of carbonyl (C=O) groups excluding carboxylic acids is 2. The minimum absolute atomic E-state index is 0.0248. The number of piperazine rings is 1. The van der Waals surface area contributed by atoms with Crippen LogP contribution in [-0.2, 0) is 29.0 Å². The largest absolute Gasteiger partial charge is 0.476 e. The summed E-state index contributed by atoms with van der Waals surface area (Å²) in [6.45, 7) is 7.91. The maximum atomic E-state index is 14.9. The molecular formula is C33H40FN7O3. The van der Waals surface area contributed by atoms with Gasteiger partial charge in [0.1, 0.15) is 12.4 Å². The van der Waals surface area contributed by atoms with Crippen molar-refractivity contribution in [3.05, 3.63) is 53.5 Å². The number of nitrogens with zero attached hydrogens (tertiary/aromatic N) is 7. The first-order valence-electron chi connectivity index (χ1n) is 15.5. The van der Waals surface area contributed by atoms with Crippen LogP contribution in [0.25, 0.3) is 0 Å². The molecule has 2 aromatic rings. The second kappa shape index (κ2) is 12.4. The number of likely N-dealkylation sites (N-methyl/N-ethyl adjacent to an activating group) is 1. The normalized spacial score (nSPS) is 22.0. The molecule has 0 saturated carbocycles. The number of likely N-dealkylation sites (tertiary alicyclic amines) is 1. The summed E-state index contributed by atoms with van der Waals surface area (Å²) in [6, 6.07) is 7.39.